The molecule has 1 aromatic carbocycles. The third-order valence-corrected chi connectivity index (χ3v) is 7.04. The van der Waals surface area contributed by atoms with Crippen molar-refractivity contribution in [2.75, 3.05) is 13.1 Å². The molecule has 4 rings (SSSR count). The first-order valence-corrected chi connectivity index (χ1v) is 10.6. The van der Waals surface area contributed by atoms with Crippen LogP contribution in [0.25, 0.3) is 10.2 Å². The fraction of sp³-hybridized carbons (Fsp3) is 0.421. The van der Waals surface area contributed by atoms with E-state index in [0.717, 1.165) is 42.1 Å². The standard InChI is InChI=1S/C19H21N3O2S2/c1-13-12-25-19(24)22(13)10-8-17(23)21-9-4-5-14(11-21)18-20-15-6-2-3-7-16(15)26-18/h2-3,6-7,12,14H,4-5,8-11H2,1H3. The van der Waals surface area contributed by atoms with Crippen molar-refractivity contribution in [3.05, 3.63) is 50.0 Å². The summed E-state index contributed by atoms with van der Waals surface area (Å²) in [6.07, 6.45) is 2.46. The van der Waals surface area contributed by atoms with Gasteiger partial charge in [0.2, 0.25) is 5.91 Å². The molecule has 0 aliphatic carbocycles. The maximum Gasteiger partial charge on any atom is 0.307 e. The number of hydrogen-bond acceptors (Lipinski definition) is 5. The second-order valence-electron chi connectivity index (χ2n) is 6.74. The SMILES string of the molecule is Cc1csc(=O)n1CCC(=O)N1CCCC(c2nc3ccccc3s2)C1. The third kappa shape index (κ3) is 3.46. The first-order valence-electron chi connectivity index (χ1n) is 8.90. The molecule has 136 valence electrons. The topological polar surface area (TPSA) is 55.2 Å². The van der Waals surface area contributed by atoms with Gasteiger partial charge < -0.3 is 9.47 Å². The lowest BCUT2D eigenvalue weighted by Gasteiger charge is -2.32. The van der Waals surface area contributed by atoms with Gasteiger partial charge in [-0.2, -0.15) is 0 Å². The summed E-state index contributed by atoms with van der Waals surface area (Å²) in [5, 5.41) is 2.98. The van der Waals surface area contributed by atoms with E-state index in [-0.39, 0.29) is 10.8 Å². The molecule has 1 fully saturated rings. The zero-order chi connectivity index (χ0) is 18.1. The lowest BCUT2D eigenvalue weighted by atomic mass is 9.98. The summed E-state index contributed by atoms with van der Waals surface area (Å²) in [6, 6.07) is 8.19. The fourth-order valence-corrected chi connectivity index (χ4v) is 5.36. The highest BCUT2D eigenvalue weighted by atomic mass is 32.1. The molecule has 1 unspecified atom stereocenters. The number of aromatic nitrogens is 2. The molecule has 1 aliphatic rings. The minimum absolute atomic E-state index is 0.0151. The molecular weight excluding hydrogens is 366 g/mol. The van der Waals surface area contributed by atoms with Gasteiger partial charge in [0.25, 0.3) is 0 Å². The van der Waals surface area contributed by atoms with E-state index in [0.29, 0.717) is 18.9 Å². The summed E-state index contributed by atoms with van der Waals surface area (Å²) in [5.74, 6) is 0.448. The van der Waals surface area contributed by atoms with Crippen LogP contribution in [0.5, 0.6) is 0 Å². The number of likely N-dealkylation sites (tertiary alicyclic amines) is 1. The number of para-hydroxylation sites is 1. The number of piperidine rings is 1. The monoisotopic (exact) mass is 387 g/mol. The maximum absolute atomic E-state index is 12.7. The number of thiazole rings is 2. The normalized spacial score (nSPS) is 17.7. The summed E-state index contributed by atoms with van der Waals surface area (Å²) in [4.78, 5) is 31.2. The van der Waals surface area contributed by atoms with Crippen molar-refractivity contribution < 1.29 is 4.79 Å². The average molecular weight is 388 g/mol. The van der Waals surface area contributed by atoms with E-state index in [9.17, 15) is 9.59 Å². The van der Waals surface area contributed by atoms with Crippen LogP contribution >= 0.6 is 22.7 Å². The van der Waals surface area contributed by atoms with Crippen LogP contribution in [0.1, 0.15) is 35.9 Å². The van der Waals surface area contributed by atoms with Crippen LogP contribution in [0.3, 0.4) is 0 Å². The smallest absolute Gasteiger partial charge is 0.307 e. The minimum Gasteiger partial charge on any atom is -0.342 e. The molecule has 3 aromatic rings. The fourth-order valence-electron chi connectivity index (χ4n) is 3.51. The Hall–Kier alpha value is -1.99. The van der Waals surface area contributed by atoms with Gasteiger partial charge in [-0.3, -0.25) is 9.59 Å². The first-order chi connectivity index (χ1) is 12.6. The second-order valence-corrected chi connectivity index (χ2v) is 8.63. The summed E-state index contributed by atoms with van der Waals surface area (Å²) in [6.45, 7) is 3.91. The molecule has 1 aliphatic heterocycles. The average Bonchev–Trinajstić information content (AvgIpc) is 3.23. The van der Waals surface area contributed by atoms with Gasteiger partial charge in [0.05, 0.1) is 15.2 Å². The Balaban J connectivity index is 1.42. The summed E-state index contributed by atoms with van der Waals surface area (Å²) < 4.78 is 2.90. The number of hydrogen-bond donors (Lipinski definition) is 0. The second kappa shape index (κ2) is 7.32. The van der Waals surface area contributed by atoms with E-state index in [1.807, 2.05) is 35.4 Å². The largest absolute Gasteiger partial charge is 0.342 e. The van der Waals surface area contributed by atoms with Gasteiger partial charge in [0.15, 0.2) is 0 Å². The highest BCUT2D eigenvalue weighted by Gasteiger charge is 2.26. The Morgan fingerprint density at radius 2 is 2.19 bits per heavy atom. The van der Waals surface area contributed by atoms with Gasteiger partial charge in [-0.15, -0.1) is 11.3 Å². The summed E-state index contributed by atoms with van der Waals surface area (Å²) in [5.41, 5.74) is 1.97. The molecule has 1 saturated heterocycles. The summed E-state index contributed by atoms with van der Waals surface area (Å²) >= 11 is 2.93. The number of nitrogens with zero attached hydrogens (tertiary/aromatic N) is 3. The molecule has 0 bridgehead atoms. The zero-order valence-electron chi connectivity index (χ0n) is 14.7. The highest BCUT2D eigenvalue weighted by molar-refractivity contribution is 7.18. The van der Waals surface area contributed by atoms with Gasteiger partial charge in [0, 0.05) is 43.0 Å². The van der Waals surface area contributed by atoms with Crippen LogP contribution in [0.15, 0.2) is 34.4 Å². The number of carbonyl (C=O) groups excluding carboxylic acids is 1. The van der Waals surface area contributed by atoms with E-state index in [2.05, 4.69) is 6.07 Å². The van der Waals surface area contributed by atoms with Crippen molar-refractivity contribution >= 4 is 38.8 Å². The van der Waals surface area contributed by atoms with Crippen molar-refractivity contribution in [3.63, 3.8) is 0 Å². The molecule has 26 heavy (non-hydrogen) atoms. The van der Waals surface area contributed by atoms with E-state index >= 15 is 0 Å². The molecule has 3 heterocycles. The number of rotatable bonds is 4. The molecule has 0 radical (unpaired) electrons. The zero-order valence-corrected chi connectivity index (χ0v) is 16.3. The molecule has 1 atom stereocenters. The van der Waals surface area contributed by atoms with Gasteiger partial charge in [-0.25, -0.2) is 4.98 Å². The Morgan fingerprint density at radius 3 is 2.96 bits per heavy atom. The van der Waals surface area contributed by atoms with Crippen molar-refractivity contribution in [3.8, 4) is 0 Å². The molecule has 0 N–H and O–H groups in total. The Morgan fingerprint density at radius 1 is 1.35 bits per heavy atom. The Kier molecular flexibility index (Phi) is 4.91. The predicted molar refractivity (Wildman–Crippen MR) is 106 cm³/mol. The molecule has 0 saturated carbocycles. The van der Waals surface area contributed by atoms with Crippen LogP contribution in [-0.2, 0) is 11.3 Å². The van der Waals surface area contributed by atoms with E-state index in [4.69, 9.17) is 4.98 Å². The van der Waals surface area contributed by atoms with Crippen LogP contribution in [0.4, 0.5) is 0 Å². The minimum atomic E-state index is 0.0151. The van der Waals surface area contributed by atoms with E-state index in [1.165, 1.54) is 16.0 Å². The Bertz CT molecular complexity index is 955. The van der Waals surface area contributed by atoms with E-state index < -0.39 is 0 Å². The number of amides is 1. The molecule has 1 amide bonds. The third-order valence-electron chi connectivity index (χ3n) is 4.96. The van der Waals surface area contributed by atoms with Crippen molar-refractivity contribution in [2.24, 2.45) is 0 Å². The highest BCUT2D eigenvalue weighted by Crippen LogP contribution is 2.33. The first kappa shape index (κ1) is 17.4. The number of aryl methyl sites for hydroxylation is 1. The van der Waals surface area contributed by atoms with Gasteiger partial charge in [-0.05, 0) is 31.9 Å². The van der Waals surface area contributed by atoms with Crippen molar-refractivity contribution in [2.45, 2.75) is 38.6 Å². The molecule has 0 spiro atoms. The van der Waals surface area contributed by atoms with Gasteiger partial charge in [0.1, 0.15) is 0 Å². The van der Waals surface area contributed by atoms with Gasteiger partial charge >= 0.3 is 4.87 Å². The van der Waals surface area contributed by atoms with Crippen LogP contribution < -0.4 is 4.87 Å². The summed E-state index contributed by atoms with van der Waals surface area (Å²) in [7, 11) is 0. The lowest BCUT2D eigenvalue weighted by molar-refractivity contribution is -0.132. The number of benzene rings is 1. The van der Waals surface area contributed by atoms with Crippen molar-refractivity contribution in [1.29, 1.82) is 0 Å². The number of carbonyl (C=O) groups is 1. The lowest BCUT2D eigenvalue weighted by Crippen LogP contribution is -2.39. The molecule has 7 heteroatoms. The van der Waals surface area contributed by atoms with Gasteiger partial charge in [-0.1, -0.05) is 23.5 Å². The predicted octanol–water partition coefficient (Wildman–Crippen LogP) is 3.62. The Labute approximate surface area is 159 Å². The molecule has 2 aromatic heterocycles. The van der Waals surface area contributed by atoms with Crippen LogP contribution in [0, 0.1) is 6.92 Å². The quantitative estimate of drug-likeness (QED) is 0.687. The number of fused-ring (bicyclic) bond motifs is 1. The molecule has 5 nitrogen and oxygen atoms in total. The van der Waals surface area contributed by atoms with E-state index in [1.54, 1.807) is 15.9 Å². The van der Waals surface area contributed by atoms with Crippen LogP contribution in [-0.4, -0.2) is 33.4 Å². The van der Waals surface area contributed by atoms with Crippen molar-refractivity contribution in [1.82, 2.24) is 14.5 Å². The molecular formula is C19H21N3O2S2. The van der Waals surface area contributed by atoms with Crippen LogP contribution in [0.2, 0.25) is 0 Å². The maximum atomic E-state index is 12.7.